The maximum absolute atomic E-state index is 13.2. The van der Waals surface area contributed by atoms with Gasteiger partial charge in [-0.15, -0.1) is 0 Å². The Morgan fingerprint density at radius 3 is 2.43 bits per heavy atom. The van der Waals surface area contributed by atoms with Gasteiger partial charge in [-0.25, -0.2) is 14.1 Å². The second kappa shape index (κ2) is 7.70. The first-order valence-corrected chi connectivity index (χ1v) is 10.2. The molecule has 4 rings (SSSR count). The lowest BCUT2D eigenvalue weighted by Gasteiger charge is -2.38. The molecule has 1 aromatic rings. The van der Waals surface area contributed by atoms with Crippen molar-refractivity contribution in [2.75, 3.05) is 11.4 Å². The van der Waals surface area contributed by atoms with Gasteiger partial charge < -0.3 is 20.1 Å². The van der Waals surface area contributed by atoms with Crippen molar-refractivity contribution in [1.82, 2.24) is 10.2 Å². The number of carboxylic acids is 1. The molecule has 2 heterocycles. The smallest absolute Gasteiger partial charge is 0.329 e. The number of likely N-dealkylation sites (tertiary alicyclic amines) is 1. The zero-order valence-corrected chi connectivity index (χ0v) is 16.4. The normalized spacial score (nSPS) is 25.2. The average Bonchev–Trinajstić information content (AvgIpc) is 3.30. The fourth-order valence-corrected chi connectivity index (χ4v) is 5.09. The number of carbonyl (C=O) groups is 4. The van der Waals surface area contributed by atoms with Crippen LogP contribution in [-0.4, -0.2) is 47.3 Å². The van der Waals surface area contributed by atoms with Crippen molar-refractivity contribution >= 4 is 29.5 Å². The monoisotopic (exact) mass is 416 g/mol. The van der Waals surface area contributed by atoms with Gasteiger partial charge in [0.15, 0.2) is 0 Å². The van der Waals surface area contributed by atoms with Crippen LogP contribution < -0.4 is 15.3 Å². The lowest BCUT2D eigenvalue weighted by Crippen LogP contribution is -2.65. The SMILES string of the molecule is O=C([O-])CC1(CC(=O)N2CC[C@H]3NC(=O)N(c4ccc(F)cc4)C(=O)[C@H]32)CCCC1. The molecule has 1 saturated carbocycles. The molecular weight excluding hydrogens is 393 g/mol. The van der Waals surface area contributed by atoms with E-state index in [-0.39, 0.29) is 24.4 Å². The van der Waals surface area contributed by atoms with Crippen LogP contribution in [0.15, 0.2) is 24.3 Å². The van der Waals surface area contributed by atoms with Crippen LogP contribution in [0, 0.1) is 11.2 Å². The highest BCUT2D eigenvalue weighted by Crippen LogP contribution is 2.44. The summed E-state index contributed by atoms with van der Waals surface area (Å²) in [5.74, 6) is -2.49. The molecule has 9 heteroatoms. The molecule has 3 fully saturated rings. The van der Waals surface area contributed by atoms with Crippen molar-refractivity contribution in [2.45, 2.75) is 57.0 Å². The van der Waals surface area contributed by atoms with Crippen LogP contribution in [0.5, 0.6) is 0 Å². The second-order valence-corrected chi connectivity index (χ2v) is 8.46. The van der Waals surface area contributed by atoms with Gasteiger partial charge in [0, 0.05) is 18.9 Å². The summed E-state index contributed by atoms with van der Waals surface area (Å²) in [6, 6.07) is 3.02. The summed E-state index contributed by atoms with van der Waals surface area (Å²) in [7, 11) is 0. The molecule has 3 aliphatic rings. The van der Waals surface area contributed by atoms with Gasteiger partial charge in [0.05, 0.1) is 11.7 Å². The van der Waals surface area contributed by atoms with E-state index in [1.165, 1.54) is 17.0 Å². The first kappa shape index (κ1) is 20.3. The van der Waals surface area contributed by atoms with Gasteiger partial charge in [-0.05, 0) is 55.4 Å². The number of carboxylic acid groups (broad SMARTS) is 1. The summed E-state index contributed by atoms with van der Waals surface area (Å²) in [5.41, 5.74) is -0.410. The molecular formula is C21H23FN3O5-. The molecule has 0 bridgehead atoms. The van der Waals surface area contributed by atoms with Gasteiger partial charge in [-0.1, -0.05) is 12.8 Å². The van der Waals surface area contributed by atoms with E-state index in [1.54, 1.807) is 0 Å². The van der Waals surface area contributed by atoms with Crippen LogP contribution in [-0.2, 0) is 14.4 Å². The number of hydrogen-bond acceptors (Lipinski definition) is 5. The van der Waals surface area contributed by atoms with Crippen LogP contribution in [0.25, 0.3) is 0 Å². The minimum Gasteiger partial charge on any atom is -0.550 e. The maximum atomic E-state index is 13.2. The number of halogens is 1. The predicted octanol–water partition coefficient (Wildman–Crippen LogP) is 0.942. The fourth-order valence-electron chi connectivity index (χ4n) is 5.09. The minimum atomic E-state index is -1.17. The quantitative estimate of drug-likeness (QED) is 0.768. The van der Waals surface area contributed by atoms with E-state index in [9.17, 15) is 28.7 Å². The summed E-state index contributed by atoms with van der Waals surface area (Å²) in [6.45, 7) is 0.304. The number of carbonyl (C=O) groups excluding carboxylic acids is 4. The molecule has 2 saturated heterocycles. The lowest BCUT2D eigenvalue weighted by molar-refractivity contribution is -0.308. The topological polar surface area (TPSA) is 110 Å². The van der Waals surface area contributed by atoms with Crippen molar-refractivity contribution in [3.8, 4) is 0 Å². The van der Waals surface area contributed by atoms with E-state index in [2.05, 4.69) is 5.32 Å². The molecule has 30 heavy (non-hydrogen) atoms. The van der Waals surface area contributed by atoms with Gasteiger partial charge in [-0.2, -0.15) is 0 Å². The van der Waals surface area contributed by atoms with Crippen LogP contribution in [0.1, 0.15) is 44.9 Å². The zero-order valence-electron chi connectivity index (χ0n) is 16.4. The Kier molecular flexibility index (Phi) is 5.21. The molecule has 0 aromatic heterocycles. The number of aliphatic carboxylic acids is 1. The van der Waals surface area contributed by atoms with E-state index >= 15 is 0 Å². The third kappa shape index (κ3) is 3.64. The third-order valence-corrected chi connectivity index (χ3v) is 6.50. The zero-order chi connectivity index (χ0) is 21.5. The molecule has 160 valence electrons. The minimum absolute atomic E-state index is 0.0436. The van der Waals surface area contributed by atoms with E-state index in [0.717, 1.165) is 29.9 Å². The summed E-state index contributed by atoms with van der Waals surface area (Å²) in [6.07, 6.45) is 3.32. The van der Waals surface area contributed by atoms with E-state index in [4.69, 9.17) is 0 Å². The number of nitrogens with one attached hydrogen (secondary N) is 1. The van der Waals surface area contributed by atoms with Crippen molar-refractivity contribution in [3.63, 3.8) is 0 Å². The molecule has 0 radical (unpaired) electrons. The molecule has 0 unspecified atom stereocenters. The van der Waals surface area contributed by atoms with Crippen molar-refractivity contribution in [3.05, 3.63) is 30.1 Å². The van der Waals surface area contributed by atoms with Crippen LogP contribution in [0.2, 0.25) is 0 Å². The molecule has 1 aliphatic carbocycles. The number of nitrogens with zero attached hydrogens (tertiary/aromatic N) is 2. The van der Waals surface area contributed by atoms with E-state index in [1.807, 2.05) is 0 Å². The lowest BCUT2D eigenvalue weighted by atomic mass is 9.79. The molecule has 8 nitrogen and oxygen atoms in total. The van der Waals surface area contributed by atoms with E-state index in [0.29, 0.717) is 25.8 Å². The largest absolute Gasteiger partial charge is 0.550 e. The standard InChI is InChI=1S/C21H24FN3O5/c22-13-3-5-14(6-4-13)25-19(29)18-15(23-20(25)30)7-10-24(18)16(26)11-21(12-17(27)28)8-1-2-9-21/h3-6,15,18H,1-2,7-12H2,(H,23,30)(H,27,28)/p-1/t15-,18+/m1/s1. The number of hydrogen-bond donors (Lipinski definition) is 1. The summed E-state index contributed by atoms with van der Waals surface area (Å²) in [5, 5.41) is 14.0. The Hall–Kier alpha value is -2.97. The summed E-state index contributed by atoms with van der Waals surface area (Å²) in [4.78, 5) is 52.4. The molecule has 0 spiro atoms. The Balaban J connectivity index is 1.55. The maximum Gasteiger partial charge on any atom is 0.329 e. The number of anilines is 1. The van der Waals surface area contributed by atoms with E-state index < -0.39 is 41.2 Å². The van der Waals surface area contributed by atoms with Crippen molar-refractivity contribution in [2.24, 2.45) is 5.41 Å². The number of fused-ring (bicyclic) bond motifs is 1. The molecule has 2 atom stereocenters. The fraction of sp³-hybridized carbons (Fsp3) is 0.524. The number of amides is 4. The van der Waals surface area contributed by atoms with Gasteiger partial charge in [-0.3, -0.25) is 9.59 Å². The highest BCUT2D eigenvalue weighted by atomic mass is 19.1. The average molecular weight is 416 g/mol. The first-order valence-electron chi connectivity index (χ1n) is 10.2. The van der Waals surface area contributed by atoms with Gasteiger partial charge in [0.1, 0.15) is 11.9 Å². The van der Waals surface area contributed by atoms with Crippen molar-refractivity contribution in [1.29, 1.82) is 0 Å². The highest BCUT2D eigenvalue weighted by Gasteiger charge is 2.50. The second-order valence-electron chi connectivity index (χ2n) is 8.46. The van der Waals surface area contributed by atoms with Crippen LogP contribution in [0.4, 0.5) is 14.9 Å². The first-order chi connectivity index (χ1) is 14.3. The van der Waals surface area contributed by atoms with Crippen LogP contribution >= 0.6 is 0 Å². The predicted molar refractivity (Wildman–Crippen MR) is 101 cm³/mol. The van der Waals surface area contributed by atoms with Gasteiger partial charge in [0.25, 0.3) is 5.91 Å². The molecule has 4 amide bonds. The molecule has 2 aliphatic heterocycles. The number of imide groups is 1. The highest BCUT2D eigenvalue weighted by molar-refractivity contribution is 6.19. The Labute approximate surface area is 173 Å². The summed E-state index contributed by atoms with van der Waals surface area (Å²) < 4.78 is 13.2. The van der Waals surface area contributed by atoms with Gasteiger partial charge in [0.2, 0.25) is 5.91 Å². The number of urea groups is 1. The Bertz CT molecular complexity index is 881. The van der Waals surface area contributed by atoms with Gasteiger partial charge >= 0.3 is 6.03 Å². The number of benzene rings is 1. The Morgan fingerprint density at radius 1 is 1.13 bits per heavy atom. The molecule has 1 aromatic carbocycles. The number of rotatable bonds is 5. The molecule has 1 N–H and O–H groups in total. The third-order valence-electron chi connectivity index (χ3n) is 6.50. The Morgan fingerprint density at radius 2 is 1.80 bits per heavy atom. The summed E-state index contributed by atoms with van der Waals surface area (Å²) >= 11 is 0. The van der Waals surface area contributed by atoms with Crippen LogP contribution in [0.3, 0.4) is 0 Å². The van der Waals surface area contributed by atoms with Crippen molar-refractivity contribution < 1.29 is 28.7 Å².